The molecule has 158 valence electrons. The molecule has 1 aromatic heterocycles. The van der Waals surface area contributed by atoms with Gasteiger partial charge in [-0.05, 0) is 71.8 Å². The molecular formula is C25H19FN4O2. The van der Waals surface area contributed by atoms with Crippen LogP contribution in [-0.2, 0) is 0 Å². The molecule has 0 aliphatic heterocycles. The van der Waals surface area contributed by atoms with E-state index in [2.05, 4.69) is 15.5 Å². The molecule has 0 bridgehead atoms. The molecule has 1 amide bonds. The molecule has 0 spiro atoms. The second-order valence-electron chi connectivity index (χ2n) is 7.48. The van der Waals surface area contributed by atoms with Gasteiger partial charge in [0.05, 0.1) is 18.4 Å². The monoisotopic (exact) mass is 426 g/mol. The Kier molecular flexibility index (Phi) is 4.78. The van der Waals surface area contributed by atoms with E-state index in [0.717, 1.165) is 16.3 Å². The fraction of sp³-hybridized carbons (Fsp3) is 0.0800. The minimum absolute atomic E-state index is 0.277. The van der Waals surface area contributed by atoms with Gasteiger partial charge in [-0.15, -0.1) is 10.2 Å². The number of nitrogens with one attached hydrogen (secondary N) is 1. The number of fused-ring (bicyclic) bond motifs is 2. The molecule has 0 atom stereocenters. The summed E-state index contributed by atoms with van der Waals surface area (Å²) < 4.78 is 18.7. The number of aryl methyl sites for hydroxylation is 1. The fourth-order valence-electron chi connectivity index (χ4n) is 3.65. The van der Waals surface area contributed by atoms with Crippen LogP contribution in [0.3, 0.4) is 0 Å². The SMILES string of the molecule is COc1cc2ccccc2cc1C(=O)Nc1cc2nn(-c3ccc(F)cc3)nc2cc1C. The van der Waals surface area contributed by atoms with Gasteiger partial charge in [-0.3, -0.25) is 4.79 Å². The number of ether oxygens (including phenoxy) is 1. The number of hydrogen-bond donors (Lipinski definition) is 1. The first kappa shape index (κ1) is 19.7. The summed E-state index contributed by atoms with van der Waals surface area (Å²) in [5, 5.41) is 13.9. The van der Waals surface area contributed by atoms with E-state index >= 15 is 0 Å². The van der Waals surface area contributed by atoms with Gasteiger partial charge in [0.25, 0.3) is 5.91 Å². The molecule has 7 heteroatoms. The maximum absolute atomic E-state index is 13.2. The van der Waals surface area contributed by atoms with Crippen molar-refractivity contribution in [3.8, 4) is 11.4 Å². The van der Waals surface area contributed by atoms with Crippen molar-refractivity contribution < 1.29 is 13.9 Å². The van der Waals surface area contributed by atoms with Crippen molar-refractivity contribution in [3.05, 3.63) is 89.7 Å². The molecule has 1 heterocycles. The van der Waals surface area contributed by atoms with E-state index in [9.17, 15) is 9.18 Å². The first-order chi connectivity index (χ1) is 15.5. The van der Waals surface area contributed by atoms with Gasteiger partial charge in [0.2, 0.25) is 0 Å². The van der Waals surface area contributed by atoms with Crippen LogP contribution in [0.4, 0.5) is 10.1 Å². The van der Waals surface area contributed by atoms with E-state index in [1.807, 2.05) is 49.4 Å². The lowest BCUT2D eigenvalue weighted by molar-refractivity contribution is 0.102. The smallest absolute Gasteiger partial charge is 0.259 e. The quantitative estimate of drug-likeness (QED) is 0.424. The Labute approximate surface area is 183 Å². The first-order valence-corrected chi connectivity index (χ1v) is 10.0. The van der Waals surface area contributed by atoms with Crippen molar-refractivity contribution in [2.24, 2.45) is 0 Å². The highest BCUT2D eigenvalue weighted by molar-refractivity contribution is 6.09. The number of anilines is 1. The summed E-state index contributed by atoms with van der Waals surface area (Å²) in [6.07, 6.45) is 0. The van der Waals surface area contributed by atoms with Crippen LogP contribution < -0.4 is 10.1 Å². The molecule has 6 nitrogen and oxygen atoms in total. The largest absolute Gasteiger partial charge is 0.496 e. The van der Waals surface area contributed by atoms with Crippen LogP contribution >= 0.6 is 0 Å². The van der Waals surface area contributed by atoms with Gasteiger partial charge >= 0.3 is 0 Å². The third-order valence-corrected chi connectivity index (χ3v) is 5.34. The number of hydrogen-bond acceptors (Lipinski definition) is 4. The van der Waals surface area contributed by atoms with Crippen molar-refractivity contribution in [2.45, 2.75) is 6.92 Å². The first-order valence-electron chi connectivity index (χ1n) is 10.0. The minimum atomic E-state index is -0.324. The molecule has 5 rings (SSSR count). The second-order valence-corrected chi connectivity index (χ2v) is 7.48. The molecule has 0 saturated heterocycles. The average Bonchev–Trinajstić information content (AvgIpc) is 3.21. The van der Waals surface area contributed by atoms with Gasteiger partial charge in [0.1, 0.15) is 22.6 Å². The van der Waals surface area contributed by atoms with E-state index in [1.165, 1.54) is 16.9 Å². The fourth-order valence-corrected chi connectivity index (χ4v) is 3.65. The highest BCUT2D eigenvalue weighted by atomic mass is 19.1. The number of halogens is 1. The minimum Gasteiger partial charge on any atom is -0.496 e. The van der Waals surface area contributed by atoms with Crippen LogP contribution in [0.2, 0.25) is 0 Å². The lowest BCUT2D eigenvalue weighted by Gasteiger charge is -2.12. The molecule has 32 heavy (non-hydrogen) atoms. The molecule has 0 aliphatic carbocycles. The molecule has 5 aromatic rings. The number of aromatic nitrogens is 3. The molecule has 0 unspecified atom stereocenters. The summed E-state index contributed by atoms with van der Waals surface area (Å²) in [5.41, 5.74) is 3.85. The summed E-state index contributed by atoms with van der Waals surface area (Å²) in [7, 11) is 1.55. The van der Waals surface area contributed by atoms with Gasteiger partial charge in [0, 0.05) is 5.69 Å². The van der Waals surface area contributed by atoms with E-state index in [4.69, 9.17) is 4.74 Å². The molecule has 0 aliphatic rings. The number of methoxy groups -OCH3 is 1. The highest BCUT2D eigenvalue weighted by Crippen LogP contribution is 2.28. The molecular weight excluding hydrogens is 407 g/mol. The van der Waals surface area contributed by atoms with Crippen LogP contribution in [-0.4, -0.2) is 28.0 Å². The van der Waals surface area contributed by atoms with E-state index in [1.54, 1.807) is 25.3 Å². The number of benzene rings is 4. The van der Waals surface area contributed by atoms with Crippen molar-refractivity contribution in [1.29, 1.82) is 0 Å². The van der Waals surface area contributed by atoms with Crippen molar-refractivity contribution in [3.63, 3.8) is 0 Å². The Morgan fingerprint density at radius 3 is 2.28 bits per heavy atom. The van der Waals surface area contributed by atoms with E-state index in [-0.39, 0.29) is 11.7 Å². The molecule has 0 radical (unpaired) electrons. The van der Waals surface area contributed by atoms with Crippen molar-refractivity contribution >= 4 is 33.4 Å². The van der Waals surface area contributed by atoms with E-state index < -0.39 is 0 Å². The summed E-state index contributed by atoms with van der Waals surface area (Å²) in [6.45, 7) is 1.89. The third kappa shape index (κ3) is 3.54. The van der Waals surface area contributed by atoms with Crippen molar-refractivity contribution in [1.82, 2.24) is 15.0 Å². The van der Waals surface area contributed by atoms with Crippen LogP contribution in [0.25, 0.3) is 27.5 Å². The van der Waals surface area contributed by atoms with E-state index in [0.29, 0.717) is 33.7 Å². The van der Waals surface area contributed by atoms with Crippen molar-refractivity contribution in [2.75, 3.05) is 12.4 Å². The maximum Gasteiger partial charge on any atom is 0.259 e. The Morgan fingerprint density at radius 2 is 1.59 bits per heavy atom. The van der Waals surface area contributed by atoms with Gasteiger partial charge < -0.3 is 10.1 Å². The zero-order chi connectivity index (χ0) is 22.2. The lowest BCUT2D eigenvalue weighted by atomic mass is 10.0. The van der Waals surface area contributed by atoms with Gasteiger partial charge in [-0.2, -0.15) is 4.80 Å². The summed E-state index contributed by atoms with van der Waals surface area (Å²) in [5.74, 6) is -0.0985. The normalized spacial score (nSPS) is 11.1. The number of carbonyl (C=O) groups excluding carboxylic acids is 1. The Morgan fingerprint density at radius 1 is 0.938 bits per heavy atom. The number of amides is 1. The standard InChI is InChI=1S/C25H19FN4O2/c1-15-11-22-23(29-30(28-22)19-9-7-18(26)8-10-19)14-21(15)27-25(31)20-12-16-5-3-4-6-17(16)13-24(20)32-2/h3-14H,1-2H3,(H,27,31). The topological polar surface area (TPSA) is 69.0 Å². The van der Waals surface area contributed by atoms with Gasteiger partial charge in [-0.1, -0.05) is 24.3 Å². The molecule has 0 fully saturated rings. The second kappa shape index (κ2) is 7.77. The van der Waals surface area contributed by atoms with Gasteiger partial charge in [0.15, 0.2) is 0 Å². The summed E-state index contributed by atoms with van der Waals surface area (Å²) >= 11 is 0. The Balaban J connectivity index is 1.49. The molecule has 4 aromatic carbocycles. The van der Waals surface area contributed by atoms with Crippen LogP contribution in [0.15, 0.2) is 72.8 Å². The molecule has 0 saturated carbocycles. The number of carbonyl (C=O) groups is 1. The Bertz CT molecular complexity index is 1480. The van der Waals surface area contributed by atoms with Crippen LogP contribution in [0.5, 0.6) is 5.75 Å². The van der Waals surface area contributed by atoms with Crippen LogP contribution in [0, 0.1) is 12.7 Å². The summed E-state index contributed by atoms with van der Waals surface area (Å²) in [4.78, 5) is 14.6. The summed E-state index contributed by atoms with van der Waals surface area (Å²) in [6, 6.07) is 21.0. The zero-order valence-corrected chi connectivity index (χ0v) is 17.5. The van der Waals surface area contributed by atoms with Crippen LogP contribution in [0.1, 0.15) is 15.9 Å². The number of nitrogens with zero attached hydrogens (tertiary/aromatic N) is 3. The predicted molar refractivity (Wildman–Crippen MR) is 122 cm³/mol. The maximum atomic E-state index is 13.2. The third-order valence-electron chi connectivity index (χ3n) is 5.34. The predicted octanol–water partition coefficient (Wildman–Crippen LogP) is 5.28. The highest BCUT2D eigenvalue weighted by Gasteiger charge is 2.16. The average molecular weight is 426 g/mol. The number of rotatable bonds is 4. The molecule has 1 N–H and O–H groups in total. The lowest BCUT2D eigenvalue weighted by Crippen LogP contribution is -2.14. The zero-order valence-electron chi connectivity index (χ0n) is 17.5. The Hall–Kier alpha value is -4.26. The van der Waals surface area contributed by atoms with Gasteiger partial charge in [-0.25, -0.2) is 4.39 Å².